The summed E-state index contributed by atoms with van der Waals surface area (Å²) in [5.41, 5.74) is 3.85. The Labute approximate surface area is 295 Å². The van der Waals surface area contributed by atoms with E-state index in [1.54, 1.807) is 20.8 Å². The molecule has 12 nitrogen and oxygen atoms in total. The zero-order valence-corrected chi connectivity index (χ0v) is 30.1. The summed E-state index contributed by atoms with van der Waals surface area (Å²) in [6.45, 7) is 10.0. The molecule has 0 saturated carbocycles. The molecule has 4 rings (SSSR count). The molecule has 0 bridgehead atoms. The fourth-order valence-electron chi connectivity index (χ4n) is 6.62. The number of nitrogens with one attached hydrogen (secondary N) is 3. The third-order valence-corrected chi connectivity index (χ3v) is 8.87. The van der Waals surface area contributed by atoms with Crippen LogP contribution in [-0.2, 0) is 28.6 Å². The molecule has 2 aromatic carbocycles. The normalized spacial score (nSPS) is 16.5. The van der Waals surface area contributed by atoms with Crippen molar-refractivity contribution in [3.63, 3.8) is 0 Å². The molecule has 272 valence electrons. The molecule has 2 aromatic rings. The van der Waals surface area contributed by atoms with Crippen LogP contribution in [0.3, 0.4) is 0 Å². The van der Waals surface area contributed by atoms with Crippen molar-refractivity contribution in [1.82, 2.24) is 20.9 Å². The Morgan fingerprint density at radius 2 is 1.52 bits per heavy atom. The van der Waals surface area contributed by atoms with Gasteiger partial charge in [0.15, 0.2) is 0 Å². The fourth-order valence-corrected chi connectivity index (χ4v) is 6.62. The number of nitrogens with zero attached hydrogens (tertiary/aromatic N) is 1. The number of rotatable bonds is 14. The lowest BCUT2D eigenvalue weighted by atomic mass is 9.98. The first-order valence-electron chi connectivity index (χ1n) is 17.6. The molecule has 0 radical (unpaired) electrons. The summed E-state index contributed by atoms with van der Waals surface area (Å²) in [6.07, 6.45) is 1.51. The molecule has 0 unspecified atom stereocenters. The highest BCUT2D eigenvalue weighted by atomic mass is 16.6. The third kappa shape index (κ3) is 10.2. The van der Waals surface area contributed by atoms with Crippen LogP contribution in [0.5, 0.6) is 0 Å². The van der Waals surface area contributed by atoms with Gasteiger partial charge in [0.05, 0.1) is 7.11 Å². The minimum absolute atomic E-state index is 0.0361. The maximum atomic E-state index is 13.6. The van der Waals surface area contributed by atoms with E-state index in [4.69, 9.17) is 14.2 Å². The van der Waals surface area contributed by atoms with Gasteiger partial charge in [0.2, 0.25) is 11.8 Å². The van der Waals surface area contributed by atoms with Crippen LogP contribution in [0.1, 0.15) is 90.2 Å². The number of likely N-dealkylation sites (tertiary alicyclic amines) is 1. The molecular formula is C38H52N4O8. The van der Waals surface area contributed by atoms with Crippen LogP contribution >= 0.6 is 0 Å². The van der Waals surface area contributed by atoms with Gasteiger partial charge >= 0.3 is 18.2 Å². The topological polar surface area (TPSA) is 152 Å². The Hall–Kier alpha value is -4.61. The van der Waals surface area contributed by atoms with E-state index in [0.717, 1.165) is 22.3 Å². The number of benzene rings is 2. The van der Waals surface area contributed by atoms with Crippen LogP contribution in [0, 0.1) is 5.92 Å². The highest BCUT2D eigenvalue weighted by Crippen LogP contribution is 2.44. The number of unbranched alkanes of at least 4 members (excludes halogenated alkanes) is 1. The number of hydrogen-bond donors (Lipinski definition) is 3. The van der Waals surface area contributed by atoms with E-state index in [1.165, 1.54) is 12.0 Å². The molecule has 1 aliphatic heterocycles. The van der Waals surface area contributed by atoms with Crippen LogP contribution in [0.15, 0.2) is 48.5 Å². The number of hydrogen-bond acceptors (Lipinski definition) is 8. The van der Waals surface area contributed by atoms with Crippen molar-refractivity contribution in [2.75, 3.05) is 26.8 Å². The summed E-state index contributed by atoms with van der Waals surface area (Å²) in [6, 6.07) is 13.7. The Balaban J connectivity index is 1.25. The maximum Gasteiger partial charge on any atom is 0.408 e. The first kappa shape index (κ1) is 38.2. The van der Waals surface area contributed by atoms with Crippen molar-refractivity contribution in [3.05, 3.63) is 59.7 Å². The summed E-state index contributed by atoms with van der Waals surface area (Å²) in [7, 11) is 1.25. The Bertz CT molecular complexity index is 1470. The van der Waals surface area contributed by atoms with Gasteiger partial charge in [-0.15, -0.1) is 0 Å². The Morgan fingerprint density at radius 1 is 0.880 bits per heavy atom. The van der Waals surface area contributed by atoms with Crippen molar-refractivity contribution in [2.45, 2.75) is 103 Å². The lowest BCUT2D eigenvalue weighted by Crippen LogP contribution is -2.56. The van der Waals surface area contributed by atoms with E-state index in [9.17, 15) is 24.0 Å². The smallest absolute Gasteiger partial charge is 0.408 e. The number of alkyl carbamates (subject to hydrolysis) is 2. The van der Waals surface area contributed by atoms with E-state index in [2.05, 4.69) is 40.2 Å². The van der Waals surface area contributed by atoms with Gasteiger partial charge in [-0.2, -0.15) is 0 Å². The highest BCUT2D eigenvalue weighted by molar-refractivity contribution is 5.93. The zero-order chi connectivity index (χ0) is 36.4. The molecule has 0 spiro atoms. The second-order valence-corrected chi connectivity index (χ2v) is 14.4. The Morgan fingerprint density at radius 3 is 2.12 bits per heavy atom. The van der Waals surface area contributed by atoms with Gasteiger partial charge in [-0.3, -0.25) is 9.59 Å². The summed E-state index contributed by atoms with van der Waals surface area (Å²) >= 11 is 0. The van der Waals surface area contributed by atoms with E-state index >= 15 is 0 Å². The molecule has 4 amide bonds. The molecule has 0 aromatic heterocycles. The molecule has 3 N–H and O–H groups in total. The first-order chi connectivity index (χ1) is 23.8. The van der Waals surface area contributed by atoms with E-state index in [1.807, 2.05) is 38.1 Å². The monoisotopic (exact) mass is 692 g/mol. The van der Waals surface area contributed by atoms with E-state index < -0.39 is 47.8 Å². The Kier molecular flexibility index (Phi) is 13.3. The molecule has 2 aliphatic rings. The van der Waals surface area contributed by atoms with Crippen molar-refractivity contribution in [1.29, 1.82) is 0 Å². The molecule has 1 fully saturated rings. The molecular weight excluding hydrogens is 640 g/mol. The zero-order valence-electron chi connectivity index (χ0n) is 30.1. The predicted molar refractivity (Wildman–Crippen MR) is 188 cm³/mol. The molecule has 3 atom stereocenters. The minimum atomic E-state index is -0.925. The molecule has 1 saturated heterocycles. The first-order valence-corrected chi connectivity index (χ1v) is 17.6. The fraction of sp³-hybridized carbons (Fsp3) is 0.553. The van der Waals surface area contributed by atoms with Gasteiger partial charge in [0, 0.05) is 19.0 Å². The number of carbonyl (C=O) groups excluding carboxylic acids is 5. The summed E-state index contributed by atoms with van der Waals surface area (Å²) < 4.78 is 15.9. The van der Waals surface area contributed by atoms with E-state index in [-0.39, 0.29) is 30.8 Å². The average Bonchev–Trinajstić information content (AvgIpc) is 3.68. The van der Waals surface area contributed by atoms with Gasteiger partial charge < -0.3 is 35.1 Å². The van der Waals surface area contributed by atoms with Crippen molar-refractivity contribution in [2.24, 2.45) is 5.92 Å². The van der Waals surface area contributed by atoms with Gasteiger partial charge in [-0.1, -0.05) is 62.4 Å². The summed E-state index contributed by atoms with van der Waals surface area (Å²) in [5.74, 6) is -1.36. The van der Waals surface area contributed by atoms with Gasteiger partial charge in [-0.25, -0.2) is 14.4 Å². The van der Waals surface area contributed by atoms with Crippen molar-refractivity contribution in [3.8, 4) is 11.1 Å². The predicted octanol–water partition coefficient (Wildman–Crippen LogP) is 5.28. The number of carbonyl (C=O) groups is 5. The molecule has 50 heavy (non-hydrogen) atoms. The quantitative estimate of drug-likeness (QED) is 0.137. The number of methoxy groups -OCH3 is 1. The lowest BCUT2D eigenvalue weighted by molar-refractivity contribution is -0.146. The average molecular weight is 693 g/mol. The second kappa shape index (κ2) is 17.4. The third-order valence-electron chi connectivity index (χ3n) is 8.87. The maximum absolute atomic E-state index is 13.6. The van der Waals surface area contributed by atoms with Crippen LogP contribution in [0.25, 0.3) is 11.1 Å². The number of esters is 1. The summed E-state index contributed by atoms with van der Waals surface area (Å²) in [4.78, 5) is 66.3. The van der Waals surface area contributed by atoms with Crippen molar-refractivity contribution < 1.29 is 38.2 Å². The molecule has 1 aliphatic carbocycles. The van der Waals surface area contributed by atoms with Crippen LogP contribution in [0.4, 0.5) is 9.59 Å². The van der Waals surface area contributed by atoms with Crippen LogP contribution < -0.4 is 16.0 Å². The van der Waals surface area contributed by atoms with Crippen LogP contribution in [-0.4, -0.2) is 85.4 Å². The number of amides is 4. The standard InChI is InChI=1S/C38H52N4O8/c1-24(2)22-31(41-37(47)50-38(3,4)5)34(44)42-21-13-19-32(42)33(43)40-30(35(45)48-6)18-11-12-20-39-36(46)49-23-29-27-16-9-7-14-25(27)26-15-8-10-17-28(26)29/h7-10,14-17,24,29-32H,11-13,18-23H2,1-6H3,(H,39,46)(H,40,43)(H,41,47)/t30-,31-,32-/m0/s1. The molecule has 12 heteroatoms. The number of ether oxygens (including phenoxy) is 3. The van der Waals surface area contributed by atoms with E-state index in [0.29, 0.717) is 45.2 Å². The highest BCUT2D eigenvalue weighted by Gasteiger charge is 2.39. The van der Waals surface area contributed by atoms with Crippen molar-refractivity contribution >= 4 is 30.0 Å². The van der Waals surface area contributed by atoms with Gasteiger partial charge in [0.1, 0.15) is 30.3 Å². The van der Waals surface area contributed by atoms with Crippen LogP contribution in [0.2, 0.25) is 0 Å². The summed E-state index contributed by atoms with van der Waals surface area (Å²) in [5, 5.41) is 8.25. The van der Waals surface area contributed by atoms with Gasteiger partial charge in [0.25, 0.3) is 0 Å². The van der Waals surface area contributed by atoms with Gasteiger partial charge in [-0.05, 0) is 87.5 Å². The SMILES string of the molecule is COC(=O)[C@H](CCCCNC(=O)OCC1c2ccccc2-c2ccccc21)NC(=O)[C@@H]1CCCN1C(=O)[C@H](CC(C)C)NC(=O)OC(C)(C)C. The minimum Gasteiger partial charge on any atom is -0.467 e. The second-order valence-electron chi connectivity index (χ2n) is 14.4. The lowest BCUT2D eigenvalue weighted by Gasteiger charge is -2.31. The number of fused-ring (bicyclic) bond motifs is 3. The largest absolute Gasteiger partial charge is 0.467 e. The molecule has 1 heterocycles.